The predicted octanol–water partition coefficient (Wildman–Crippen LogP) is 4.88. The van der Waals surface area contributed by atoms with Crippen LogP contribution in [0.5, 0.6) is 0 Å². The zero-order valence-electron chi connectivity index (χ0n) is 22.9. The SMILES string of the molecule is Cl.Cn1nncc1-c1cc(CO[C@H]2CCCN(Cc3nn[nH]c3C(C)(C)N)[C@H]2c2ccccc2)c2occc2c1. The molecule has 1 aliphatic rings. The van der Waals surface area contributed by atoms with Crippen LogP contribution in [0.15, 0.2) is 65.4 Å². The fourth-order valence-corrected chi connectivity index (χ4v) is 5.68. The van der Waals surface area contributed by atoms with Gasteiger partial charge in [-0.05, 0) is 57.0 Å². The monoisotopic (exact) mass is 562 g/mol. The summed E-state index contributed by atoms with van der Waals surface area (Å²) in [5.41, 5.74) is 12.6. The fraction of sp³-hybridized carbons (Fsp3) is 0.379. The Bertz CT molecular complexity index is 1560. The highest BCUT2D eigenvalue weighted by Gasteiger charge is 2.35. The molecule has 210 valence electrons. The van der Waals surface area contributed by atoms with Crippen molar-refractivity contribution in [1.82, 2.24) is 35.3 Å². The van der Waals surface area contributed by atoms with Crippen molar-refractivity contribution in [1.29, 1.82) is 0 Å². The fourth-order valence-electron chi connectivity index (χ4n) is 5.68. The molecule has 0 amide bonds. The Morgan fingerprint density at radius 2 is 2.00 bits per heavy atom. The van der Waals surface area contributed by atoms with E-state index in [2.05, 4.69) is 67.0 Å². The third-order valence-electron chi connectivity index (χ3n) is 7.53. The van der Waals surface area contributed by atoms with Gasteiger partial charge in [-0.25, -0.2) is 4.68 Å². The molecule has 1 aliphatic heterocycles. The zero-order chi connectivity index (χ0) is 27.0. The maximum Gasteiger partial charge on any atom is 0.139 e. The Kier molecular flexibility index (Phi) is 8.04. The number of benzene rings is 2. The topological polar surface area (TPSA) is 124 Å². The van der Waals surface area contributed by atoms with E-state index < -0.39 is 5.54 Å². The van der Waals surface area contributed by atoms with Crippen LogP contribution < -0.4 is 5.73 Å². The van der Waals surface area contributed by atoms with E-state index >= 15 is 0 Å². The quantitative estimate of drug-likeness (QED) is 0.274. The number of aryl methyl sites for hydroxylation is 1. The van der Waals surface area contributed by atoms with E-state index in [1.807, 2.05) is 33.0 Å². The lowest BCUT2D eigenvalue weighted by Crippen LogP contribution is -2.43. The summed E-state index contributed by atoms with van der Waals surface area (Å²) in [6.45, 7) is 5.93. The first-order chi connectivity index (χ1) is 18.9. The molecular weight excluding hydrogens is 528 g/mol. The van der Waals surface area contributed by atoms with Gasteiger partial charge in [-0.15, -0.1) is 22.6 Å². The molecule has 1 saturated heterocycles. The summed E-state index contributed by atoms with van der Waals surface area (Å²) in [5, 5.41) is 20.7. The van der Waals surface area contributed by atoms with Gasteiger partial charge < -0.3 is 14.9 Å². The van der Waals surface area contributed by atoms with E-state index in [9.17, 15) is 0 Å². The van der Waals surface area contributed by atoms with Crippen LogP contribution in [-0.2, 0) is 30.5 Å². The van der Waals surface area contributed by atoms with Crippen LogP contribution in [0.2, 0.25) is 0 Å². The van der Waals surface area contributed by atoms with E-state index in [-0.39, 0.29) is 24.6 Å². The summed E-state index contributed by atoms with van der Waals surface area (Å²) < 4.78 is 14.4. The number of nitrogens with one attached hydrogen (secondary N) is 1. The molecule has 0 saturated carbocycles. The number of likely N-dealkylation sites (tertiary alicyclic amines) is 1. The summed E-state index contributed by atoms with van der Waals surface area (Å²) in [4.78, 5) is 2.44. The molecule has 0 aliphatic carbocycles. The molecule has 0 bridgehead atoms. The number of aromatic amines is 1. The van der Waals surface area contributed by atoms with E-state index in [1.165, 1.54) is 5.56 Å². The van der Waals surface area contributed by atoms with Crippen LogP contribution in [0.25, 0.3) is 22.2 Å². The van der Waals surface area contributed by atoms with Crippen LogP contribution in [-0.4, -0.2) is 48.0 Å². The second kappa shape index (κ2) is 11.5. The Balaban J connectivity index is 0.00000323. The Morgan fingerprint density at radius 3 is 2.75 bits per heavy atom. The number of nitrogens with two attached hydrogens (primary N) is 1. The summed E-state index contributed by atoms with van der Waals surface area (Å²) in [5.74, 6) is 0. The van der Waals surface area contributed by atoms with Crippen LogP contribution in [0, 0.1) is 0 Å². The highest BCUT2D eigenvalue weighted by Crippen LogP contribution is 2.36. The number of hydrogen-bond donors (Lipinski definition) is 2. The van der Waals surface area contributed by atoms with Gasteiger partial charge in [-0.1, -0.05) is 40.8 Å². The van der Waals surface area contributed by atoms with Gasteiger partial charge in [0, 0.05) is 30.1 Å². The molecule has 0 unspecified atom stereocenters. The van der Waals surface area contributed by atoms with Crippen molar-refractivity contribution in [2.24, 2.45) is 12.8 Å². The van der Waals surface area contributed by atoms with Crippen molar-refractivity contribution < 1.29 is 9.15 Å². The number of ether oxygens (including phenoxy) is 1. The van der Waals surface area contributed by atoms with Crippen molar-refractivity contribution >= 4 is 23.4 Å². The maximum absolute atomic E-state index is 6.75. The number of H-pyrrole nitrogens is 1. The predicted molar refractivity (Wildman–Crippen MR) is 154 cm³/mol. The number of furan rings is 1. The minimum absolute atomic E-state index is 0. The summed E-state index contributed by atoms with van der Waals surface area (Å²) in [7, 11) is 1.89. The average molecular weight is 563 g/mol. The first-order valence-electron chi connectivity index (χ1n) is 13.3. The number of rotatable bonds is 8. The second-order valence-electron chi connectivity index (χ2n) is 10.9. The number of aromatic nitrogens is 6. The number of piperidine rings is 1. The number of nitrogens with zero attached hydrogens (tertiary/aromatic N) is 6. The first kappa shape index (κ1) is 28.0. The molecule has 3 N–H and O–H groups in total. The van der Waals surface area contributed by atoms with Gasteiger partial charge in [0.25, 0.3) is 0 Å². The molecule has 0 spiro atoms. The normalized spacial score (nSPS) is 18.2. The summed E-state index contributed by atoms with van der Waals surface area (Å²) in [6.07, 6.45) is 5.45. The van der Waals surface area contributed by atoms with Crippen molar-refractivity contribution in [3.8, 4) is 11.3 Å². The van der Waals surface area contributed by atoms with E-state index in [0.717, 1.165) is 58.6 Å². The van der Waals surface area contributed by atoms with E-state index in [0.29, 0.717) is 13.2 Å². The van der Waals surface area contributed by atoms with Gasteiger partial charge in [-0.2, -0.15) is 0 Å². The number of fused-ring (bicyclic) bond motifs is 1. The Morgan fingerprint density at radius 1 is 1.18 bits per heavy atom. The third kappa shape index (κ3) is 5.53. The molecule has 1 fully saturated rings. The Hall–Kier alpha value is -3.57. The van der Waals surface area contributed by atoms with Gasteiger partial charge in [0.2, 0.25) is 0 Å². The molecule has 6 rings (SSSR count). The lowest BCUT2D eigenvalue weighted by molar-refractivity contribution is -0.0556. The first-order valence-corrected chi connectivity index (χ1v) is 13.3. The van der Waals surface area contributed by atoms with Crippen LogP contribution in [0.1, 0.15) is 55.2 Å². The van der Waals surface area contributed by atoms with E-state index in [4.69, 9.17) is 14.9 Å². The van der Waals surface area contributed by atoms with Gasteiger partial charge in [0.15, 0.2) is 0 Å². The van der Waals surface area contributed by atoms with Gasteiger partial charge in [-0.3, -0.25) is 10.00 Å². The van der Waals surface area contributed by atoms with Crippen molar-refractivity contribution in [3.05, 3.63) is 83.5 Å². The van der Waals surface area contributed by atoms with E-state index in [1.54, 1.807) is 17.1 Å². The molecule has 0 radical (unpaired) electrons. The summed E-state index contributed by atoms with van der Waals surface area (Å²) in [6, 6.07) is 16.8. The summed E-state index contributed by atoms with van der Waals surface area (Å²) >= 11 is 0. The minimum Gasteiger partial charge on any atom is -0.464 e. The molecule has 11 heteroatoms. The molecular formula is C29H35ClN8O2. The molecule has 40 heavy (non-hydrogen) atoms. The smallest absolute Gasteiger partial charge is 0.139 e. The van der Waals surface area contributed by atoms with Crippen LogP contribution in [0.4, 0.5) is 0 Å². The number of halogens is 1. The number of hydrogen-bond acceptors (Lipinski definition) is 8. The zero-order valence-corrected chi connectivity index (χ0v) is 23.8. The largest absolute Gasteiger partial charge is 0.464 e. The second-order valence-corrected chi connectivity index (χ2v) is 10.9. The van der Waals surface area contributed by atoms with Crippen LogP contribution in [0.3, 0.4) is 0 Å². The highest BCUT2D eigenvalue weighted by atomic mass is 35.5. The van der Waals surface area contributed by atoms with Crippen molar-refractivity contribution in [2.45, 2.75) is 57.5 Å². The van der Waals surface area contributed by atoms with Crippen molar-refractivity contribution in [3.63, 3.8) is 0 Å². The average Bonchev–Trinajstić information content (AvgIpc) is 3.68. The lowest BCUT2D eigenvalue weighted by Gasteiger charge is -2.41. The molecule has 3 aromatic heterocycles. The Labute approximate surface area is 239 Å². The third-order valence-corrected chi connectivity index (χ3v) is 7.53. The molecule has 2 atom stereocenters. The van der Waals surface area contributed by atoms with Gasteiger partial charge in [0.05, 0.1) is 48.1 Å². The minimum atomic E-state index is -0.560. The maximum atomic E-state index is 6.75. The molecule has 4 heterocycles. The molecule has 2 aromatic carbocycles. The van der Waals surface area contributed by atoms with Crippen LogP contribution >= 0.6 is 12.4 Å². The lowest BCUT2D eigenvalue weighted by atomic mass is 9.91. The standard InChI is InChI=1S/C29H34N8O2.ClH/c1-29(2,30)28-23(32-34-33-28)17-37-12-7-10-25(26(37)19-8-5-4-6-9-19)39-18-22-15-21(24-16-31-35-36(24)3)14-20-11-13-38-27(20)22;/h4-6,8-9,11,13-16,25-26H,7,10,12,17-18,30H2,1-3H3,(H,32,33,34);1H/t25-,26-;/m0./s1. The van der Waals surface area contributed by atoms with Gasteiger partial charge >= 0.3 is 0 Å². The van der Waals surface area contributed by atoms with Crippen molar-refractivity contribution in [2.75, 3.05) is 6.54 Å². The highest BCUT2D eigenvalue weighted by molar-refractivity contribution is 5.86. The van der Waals surface area contributed by atoms with Gasteiger partial charge in [0.1, 0.15) is 11.3 Å². The molecule has 5 aromatic rings. The molecule has 10 nitrogen and oxygen atoms in total.